The molecule has 1 aliphatic heterocycles. The standard InChI is InChI=1S/C35H35N2S3/c1-4-36-29-13-6-8-15-31(29)39-33(36)23-19-26-11-10-12-27(35(26)38-28-21-17-25(3)18-22-28)20-24-34-37(5-2)30-14-7-9-16-32(30)40-34/h6-9,13-24H,4-5,10-12H2,1-3H3/q+1. The fraction of sp³-hybridized carbons (Fsp3) is 0.229. The Morgan fingerprint density at radius 2 is 1.70 bits per heavy atom. The first-order valence-electron chi connectivity index (χ1n) is 14.2. The van der Waals surface area contributed by atoms with Crippen LogP contribution in [0.4, 0.5) is 5.69 Å². The number of anilines is 1. The number of thioether (sulfide) groups is 2. The number of aryl methyl sites for hydroxylation is 2. The zero-order valence-corrected chi connectivity index (χ0v) is 25.8. The van der Waals surface area contributed by atoms with Crippen molar-refractivity contribution in [2.75, 3.05) is 11.4 Å². The number of hydrogen-bond acceptors (Lipinski definition) is 4. The fourth-order valence-corrected chi connectivity index (χ4v) is 8.79. The Labute approximate surface area is 250 Å². The quantitative estimate of drug-likeness (QED) is 0.201. The molecule has 5 heteroatoms. The smallest absolute Gasteiger partial charge is 0.262 e. The van der Waals surface area contributed by atoms with Gasteiger partial charge in [0, 0.05) is 33.4 Å². The Bertz CT molecular complexity index is 1650. The minimum absolute atomic E-state index is 0.973. The van der Waals surface area contributed by atoms with E-state index in [1.165, 1.54) is 63.8 Å². The van der Waals surface area contributed by atoms with Crippen LogP contribution in [0.15, 0.2) is 122 Å². The molecule has 3 aromatic carbocycles. The van der Waals surface area contributed by atoms with Crippen molar-refractivity contribution in [1.29, 1.82) is 0 Å². The van der Waals surface area contributed by atoms with Crippen LogP contribution in [-0.2, 0) is 6.54 Å². The zero-order valence-electron chi connectivity index (χ0n) is 23.4. The van der Waals surface area contributed by atoms with Gasteiger partial charge in [-0.05, 0) is 87.6 Å². The van der Waals surface area contributed by atoms with E-state index in [2.05, 4.69) is 127 Å². The minimum Gasteiger partial charge on any atom is -0.335 e. The lowest BCUT2D eigenvalue weighted by Gasteiger charge is -2.22. The van der Waals surface area contributed by atoms with Gasteiger partial charge in [-0.15, -0.1) is 0 Å². The highest BCUT2D eigenvalue weighted by Gasteiger charge is 2.24. The van der Waals surface area contributed by atoms with E-state index in [4.69, 9.17) is 0 Å². The van der Waals surface area contributed by atoms with Gasteiger partial charge in [0.15, 0.2) is 0 Å². The molecule has 1 aliphatic carbocycles. The van der Waals surface area contributed by atoms with Crippen LogP contribution in [0.1, 0.15) is 43.7 Å². The summed E-state index contributed by atoms with van der Waals surface area (Å²) in [6.45, 7) is 8.58. The van der Waals surface area contributed by atoms with Crippen LogP contribution in [0, 0.1) is 6.92 Å². The molecule has 4 aromatic rings. The molecule has 0 saturated heterocycles. The Hall–Kier alpha value is -2.99. The highest BCUT2D eigenvalue weighted by molar-refractivity contribution is 8.04. The third-order valence-corrected chi connectivity index (χ3v) is 11.0. The summed E-state index contributed by atoms with van der Waals surface area (Å²) >= 11 is 5.69. The van der Waals surface area contributed by atoms with Gasteiger partial charge in [-0.2, -0.15) is 4.57 Å². The molecule has 0 atom stereocenters. The predicted octanol–water partition coefficient (Wildman–Crippen LogP) is 10.2. The summed E-state index contributed by atoms with van der Waals surface area (Å²) in [5.41, 5.74) is 6.83. The highest BCUT2D eigenvalue weighted by Crippen LogP contribution is 2.46. The van der Waals surface area contributed by atoms with Gasteiger partial charge in [-0.25, -0.2) is 0 Å². The third-order valence-electron chi connectivity index (χ3n) is 7.48. The largest absolute Gasteiger partial charge is 0.335 e. The lowest BCUT2D eigenvalue weighted by atomic mass is 9.94. The summed E-state index contributed by atoms with van der Waals surface area (Å²) in [7, 11) is 0. The molecule has 0 unspecified atom stereocenters. The SMILES string of the molecule is CCN1C(=CC=C2CCCC(C=Cc3sc4ccccc4[n+]3CC)=C2Sc2ccc(C)cc2)Sc2ccccc21. The van der Waals surface area contributed by atoms with E-state index in [-0.39, 0.29) is 0 Å². The fourth-order valence-electron chi connectivity index (χ4n) is 5.43. The maximum atomic E-state index is 2.43. The maximum Gasteiger partial charge on any atom is 0.262 e. The topological polar surface area (TPSA) is 7.12 Å². The molecule has 0 bridgehead atoms. The molecule has 2 aliphatic rings. The van der Waals surface area contributed by atoms with Crippen molar-refractivity contribution >= 4 is 56.8 Å². The van der Waals surface area contributed by atoms with E-state index in [0.717, 1.165) is 25.9 Å². The van der Waals surface area contributed by atoms with E-state index in [9.17, 15) is 0 Å². The van der Waals surface area contributed by atoms with Crippen LogP contribution in [0.2, 0.25) is 0 Å². The highest BCUT2D eigenvalue weighted by atomic mass is 32.2. The third kappa shape index (κ3) is 5.60. The Balaban J connectivity index is 1.39. The Morgan fingerprint density at radius 3 is 2.52 bits per heavy atom. The van der Waals surface area contributed by atoms with E-state index in [1.807, 2.05) is 34.9 Å². The first kappa shape index (κ1) is 27.2. The second kappa shape index (κ2) is 12.3. The molecule has 0 N–H and O–H groups in total. The Morgan fingerprint density at radius 1 is 0.900 bits per heavy atom. The number of para-hydroxylation sites is 2. The van der Waals surface area contributed by atoms with Crippen molar-refractivity contribution in [2.24, 2.45) is 0 Å². The van der Waals surface area contributed by atoms with Crippen molar-refractivity contribution in [2.45, 2.75) is 56.4 Å². The second-order valence-electron chi connectivity index (χ2n) is 10.1. The van der Waals surface area contributed by atoms with Crippen molar-refractivity contribution < 1.29 is 4.57 Å². The van der Waals surface area contributed by atoms with Gasteiger partial charge in [0.2, 0.25) is 5.52 Å². The molecule has 0 spiro atoms. The molecule has 0 amide bonds. The van der Waals surface area contributed by atoms with Crippen LogP contribution in [0.5, 0.6) is 0 Å². The lowest BCUT2D eigenvalue weighted by Crippen LogP contribution is -2.33. The van der Waals surface area contributed by atoms with Crippen LogP contribution in [-0.4, -0.2) is 6.54 Å². The van der Waals surface area contributed by atoms with Gasteiger partial charge in [0.05, 0.1) is 10.7 Å². The molecule has 2 nitrogen and oxygen atoms in total. The average Bonchev–Trinajstić information content (AvgIpc) is 3.54. The molecule has 40 heavy (non-hydrogen) atoms. The van der Waals surface area contributed by atoms with Gasteiger partial charge in [0.25, 0.3) is 5.01 Å². The number of hydrogen-bond donors (Lipinski definition) is 0. The van der Waals surface area contributed by atoms with Crippen LogP contribution in [0.25, 0.3) is 16.3 Å². The van der Waals surface area contributed by atoms with Crippen LogP contribution >= 0.6 is 34.9 Å². The lowest BCUT2D eigenvalue weighted by molar-refractivity contribution is -0.665. The maximum absolute atomic E-state index is 2.43. The summed E-state index contributed by atoms with van der Waals surface area (Å²) in [6, 6.07) is 26.5. The van der Waals surface area contributed by atoms with Crippen LogP contribution in [0.3, 0.4) is 0 Å². The first-order chi connectivity index (χ1) is 19.6. The minimum atomic E-state index is 0.973. The van der Waals surface area contributed by atoms with E-state index < -0.39 is 0 Å². The number of thiazole rings is 1. The summed E-state index contributed by atoms with van der Waals surface area (Å²) in [5, 5.41) is 2.63. The molecular formula is C35H35N2S3+. The van der Waals surface area contributed by atoms with Gasteiger partial charge in [0.1, 0.15) is 11.2 Å². The number of aromatic nitrogens is 1. The molecular weight excluding hydrogens is 545 g/mol. The summed E-state index contributed by atoms with van der Waals surface area (Å²) in [6.07, 6.45) is 12.9. The summed E-state index contributed by atoms with van der Waals surface area (Å²) < 4.78 is 3.78. The average molecular weight is 580 g/mol. The molecule has 1 aromatic heterocycles. The van der Waals surface area contributed by atoms with E-state index >= 15 is 0 Å². The van der Waals surface area contributed by atoms with Crippen molar-refractivity contribution in [3.05, 3.63) is 123 Å². The van der Waals surface area contributed by atoms with Crippen LogP contribution < -0.4 is 9.47 Å². The van der Waals surface area contributed by atoms with E-state index in [0.29, 0.717) is 0 Å². The Kier molecular flexibility index (Phi) is 8.33. The number of fused-ring (bicyclic) bond motifs is 2. The normalized spacial score (nSPS) is 17.6. The summed E-state index contributed by atoms with van der Waals surface area (Å²) in [4.78, 5) is 6.49. The summed E-state index contributed by atoms with van der Waals surface area (Å²) in [5.74, 6) is 0. The zero-order chi connectivity index (χ0) is 27.5. The number of rotatable bonds is 7. The first-order valence-corrected chi connectivity index (χ1v) is 16.6. The molecule has 0 radical (unpaired) electrons. The molecule has 2 heterocycles. The van der Waals surface area contributed by atoms with Crippen molar-refractivity contribution in [1.82, 2.24) is 0 Å². The molecule has 202 valence electrons. The van der Waals surface area contributed by atoms with Gasteiger partial charge in [-0.1, -0.05) is 89.0 Å². The molecule has 0 saturated carbocycles. The number of nitrogens with zero attached hydrogens (tertiary/aromatic N) is 2. The van der Waals surface area contributed by atoms with E-state index in [1.54, 1.807) is 0 Å². The number of benzene rings is 3. The predicted molar refractivity (Wildman–Crippen MR) is 176 cm³/mol. The monoisotopic (exact) mass is 579 g/mol. The molecule has 6 rings (SSSR count). The van der Waals surface area contributed by atoms with Gasteiger partial charge >= 0.3 is 0 Å². The second-order valence-corrected chi connectivity index (χ2v) is 13.3. The number of allylic oxidation sites excluding steroid dienone is 5. The van der Waals surface area contributed by atoms with Gasteiger partial charge < -0.3 is 4.90 Å². The van der Waals surface area contributed by atoms with Crippen molar-refractivity contribution in [3.63, 3.8) is 0 Å². The van der Waals surface area contributed by atoms with Gasteiger partial charge in [-0.3, -0.25) is 0 Å². The van der Waals surface area contributed by atoms with Crippen molar-refractivity contribution in [3.8, 4) is 0 Å². The molecule has 0 fully saturated rings.